The lowest BCUT2D eigenvalue weighted by atomic mass is 10.2. The van der Waals surface area contributed by atoms with E-state index in [1.54, 1.807) is 12.1 Å². The smallest absolute Gasteiger partial charge is 0.251 e. The molecule has 0 saturated carbocycles. The van der Waals surface area contributed by atoms with Crippen LogP contribution in [0.5, 0.6) is 0 Å². The Morgan fingerprint density at radius 2 is 2.28 bits per heavy atom. The standard InChI is InChI=1S/C13H15ClINO2/c1-9(2)8-18-6-5-16-13(17)10-3-4-12(15)11(14)7-10/h3-4,7H,1,5-6,8H2,2H3,(H,16,17). The lowest BCUT2D eigenvalue weighted by Gasteiger charge is -2.07. The normalized spacial score (nSPS) is 10.2. The molecule has 3 nitrogen and oxygen atoms in total. The average Bonchev–Trinajstić information content (AvgIpc) is 2.31. The van der Waals surface area contributed by atoms with Crippen molar-refractivity contribution >= 4 is 40.1 Å². The summed E-state index contributed by atoms with van der Waals surface area (Å²) in [7, 11) is 0. The van der Waals surface area contributed by atoms with Gasteiger partial charge in [0.25, 0.3) is 5.91 Å². The van der Waals surface area contributed by atoms with Gasteiger partial charge in [-0.2, -0.15) is 0 Å². The molecule has 0 aromatic heterocycles. The van der Waals surface area contributed by atoms with Crippen LogP contribution in [0, 0.1) is 3.57 Å². The average molecular weight is 380 g/mol. The second kappa shape index (κ2) is 7.76. The maximum absolute atomic E-state index is 11.8. The number of ether oxygens (including phenoxy) is 1. The predicted molar refractivity (Wildman–Crippen MR) is 82.1 cm³/mol. The third kappa shape index (κ3) is 5.37. The van der Waals surface area contributed by atoms with E-state index in [2.05, 4.69) is 34.5 Å². The van der Waals surface area contributed by atoms with Gasteiger partial charge in [-0.05, 0) is 47.7 Å². The summed E-state index contributed by atoms with van der Waals surface area (Å²) >= 11 is 8.07. The minimum atomic E-state index is -0.146. The molecule has 0 aliphatic rings. The lowest BCUT2D eigenvalue weighted by Crippen LogP contribution is -2.27. The molecule has 0 bridgehead atoms. The summed E-state index contributed by atoms with van der Waals surface area (Å²) in [6, 6.07) is 5.22. The number of halogens is 2. The third-order valence-electron chi connectivity index (χ3n) is 2.06. The van der Waals surface area contributed by atoms with Gasteiger partial charge in [0.1, 0.15) is 0 Å². The van der Waals surface area contributed by atoms with Gasteiger partial charge < -0.3 is 10.1 Å². The highest BCUT2D eigenvalue weighted by Gasteiger charge is 2.06. The van der Waals surface area contributed by atoms with Gasteiger partial charge in [0.05, 0.1) is 18.2 Å². The number of nitrogens with one attached hydrogen (secondary N) is 1. The molecule has 18 heavy (non-hydrogen) atoms. The van der Waals surface area contributed by atoms with Gasteiger partial charge in [-0.25, -0.2) is 0 Å². The van der Waals surface area contributed by atoms with E-state index in [0.717, 1.165) is 9.14 Å². The largest absolute Gasteiger partial charge is 0.375 e. The molecule has 0 aliphatic carbocycles. The molecule has 1 aromatic rings. The molecule has 0 heterocycles. The molecule has 5 heteroatoms. The molecular weight excluding hydrogens is 365 g/mol. The molecule has 1 rings (SSSR count). The highest BCUT2D eigenvalue weighted by molar-refractivity contribution is 14.1. The first-order valence-corrected chi connectivity index (χ1v) is 6.91. The van der Waals surface area contributed by atoms with E-state index in [-0.39, 0.29) is 5.91 Å². The van der Waals surface area contributed by atoms with Gasteiger partial charge in [-0.1, -0.05) is 23.8 Å². The van der Waals surface area contributed by atoms with Crippen LogP contribution in [0.3, 0.4) is 0 Å². The van der Waals surface area contributed by atoms with Crippen molar-refractivity contribution in [1.29, 1.82) is 0 Å². The lowest BCUT2D eigenvalue weighted by molar-refractivity contribution is 0.0927. The fourth-order valence-corrected chi connectivity index (χ4v) is 1.74. The minimum absolute atomic E-state index is 0.146. The van der Waals surface area contributed by atoms with Crippen LogP contribution in [0.2, 0.25) is 5.02 Å². The Balaban J connectivity index is 2.36. The topological polar surface area (TPSA) is 38.3 Å². The van der Waals surface area contributed by atoms with E-state index in [9.17, 15) is 4.79 Å². The summed E-state index contributed by atoms with van der Waals surface area (Å²) < 4.78 is 6.21. The van der Waals surface area contributed by atoms with Crippen molar-refractivity contribution < 1.29 is 9.53 Å². The Kier molecular flexibility index (Phi) is 6.67. The number of hydrogen-bond donors (Lipinski definition) is 1. The summed E-state index contributed by atoms with van der Waals surface area (Å²) in [4.78, 5) is 11.8. The van der Waals surface area contributed by atoms with E-state index >= 15 is 0 Å². The summed E-state index contributed by atoms with van der Waals surface area (Å²) in [5.41, 5.74) is 1.52. The van der Waals surface area contributed by atoms with Crippen molar-refractivity contribution in [2.75, 3.05) is 19.8 Å². The van der Waals surface area contributed by atoms with E-state index in [1.807, 2.05) is 13.0 Å². The Morgan fingerprint density at radius 1 is 1.56 bits per heavy atom. The second-order valence-corrected chi connectivity index (χ2v) is 5.46. The zero-order valence-electron chi connectivity index (χ0n) is 10.1. The molecule has 98 valence electrons. The first-order valence-electron chi connectivity index (χ1n) is 5.46. The van der Waals surface area contributed by atoms with Crippen molar-refractivity contribution in [3.63, 3.8) is 0 Å². The number of carbonyl (C=O) groups is 1. The van der Waals surface area contributed by atoms with Gasteiger partial charge in [0.2, 0.25) is 0 Å². The molecule has 0 radical (unpaired) electrons. The minimum Gasteiger partial charge on any atom is -0.375 e. The summed E-state index contributed by atoms with van der Waals surface area (Å²) in [6.07, 6.45) is 0. The molecule has 1 N–H and O–H groups in total. The molecule has 1 amide bonds. The van der Waals surface area contributed by atoms with Crippen LogP contribution >= 0.6 is 34.2 Å². The predicted octanol–water partition coefficient (Wildman–Crippen LogP) is 3.27. The van der Waals surface area contributed by atoms with Gasteiger partial charge in [0, 0.05) is 15.7 Å². The number of hydrogen-bond acceptors (Lipinski definition) is 2. The van der Waals surface area contributed by atoms with Crippen molar-refractivity contribution in [3.05, 3.63) is 44.5 Å². The first kappa shape index (κ1) is 15.5. The quantitative estimate of drug-likeness (QED) is 0.468. The van der Waals surface area contributed by atoms with Crippen LogP contribution in [0.4, 0.5) is 0 Å². The van der Waals surface area contributed by atoms with Crippen LogP contribution in [0.25, 0.3) is 0 Å². The molecular formula is C13H15ClINO2. The van der Waals surface area contributed by atoms with Gasteiger partial charge in [-0.3, -0.25) is 4.79 Å². The van der Waals surface area contributed by atoms with E-state index < -0.39 is 0 Å². The van der Waals surface area contributed by atoms with Gasteiger partial charge in [-0.15, -0.1) is 0 Å². The maximum Gasteiger partial charge on any atom is 0.251 e. The van der Waals surface area contributed by atoms with E-state index in [4.69, 9.17) is 16.3 Å². The maximum atomic E-state index is 11.8. The fourth-order valence-electron chi connectivity index (χ4n) is 1.22. The van der Waals surface area contributed by atoms with Gasteiger partial charge >= 0.3 is 0 Å². The van der Waals surface area contributed by atoms with Crippen molar-refractivity contribution in [3.8, 4) is 0 Å². The Bertz CT molecular complexity index is 449. The third-order valence-corrected chi connectivity index (χ3v) is 3.63. The van der Waals surface area contributed by atoms with Crippen LogP contribution in [-0.2, 0) is 4.74 Å². The molecule has 0 saturated heterocycles. The van der Waals surface area contributed by atoms with Crippen molar-refractivity contribution in [2.24, 2.45) is 0 Å². The second-order valence-electron chi connectivity index (χ2n) is 3.89. The summed E-state index contributed by atoms with van der Waals surface area (Å²) in [5.74, 6) is -0.146. The Labute approximate surface area is 126 Å². The molecule has 1 aromatic carbocycles. The van der Waals surface area contributed by atoms with Crippen LogP contribution < -0.4 is 5.32 Å². The van der Waals surface area contributed by atoms with Crippen molar-refractivity contribution in [2.45, 2.75) is 6.92 Å². The number of rotatable bonds is 6. The number of amides is 1. The first-order chi connectivity index (χ1) is 8.50. The molecule has 0 aliphatic heterocycles. The fraction of sp³-hybridized carbons (Fsp3) is 0.308. The monoisotopic (exact) mass is 379 g/mol. The zero-order valence-corrected chi connectivity index (χ0v) is 13.0. The highest BCUT2D eigenvalue weighted by atomic mass is 127. The van der Waals surface area contributed by atoms with E-state index in [1.165, 1.54) is 0 Å². The summed E-state index contributed by atoms with van der Waals surface area (Å²) in [5, 5.41) is 3.35. The number of benzene rings is 1. The SMILES string of the molecule is C=C(C)COCCNC(=O)c1ccc(I)c(Cl)c1. The van der Waals surface area contributed by atoms with Gasteiger partial charge in [0.15, 0.2) is 0 Å². The molecule has 0 unspecified atom stereocenters. The van der Waals surface area contributed by atoms with Crippen molar-refractivity contribution in [1.82, 2.24) is 5.32 Å². The molecule has 0 fully saturated rings. The van der Waals surface area contributed by atoms with E-state index in [0.29, 0.717) is 30.3 Å². The Hall–Kier alpha value is -0.590. The van der Waals surface area contributed by atoms with Crippen LogP contribution in [0.15, 0.2) is 30.4 Å². The summed E-state index contributed by atoms with van der Waals surface area (Å²) in [6.45, 7) is 7.08. The highest BCUT2D eigenvalue weighted by Crippen LogP contribution is 2.19. The number of carbonyl (C=O) groups excluding carboxylic acids is 1. The molecule has 0 spiro atoms. The van der Waals surface area contributed by atoms with Crippen LogP contribution in [0.1, 0.15) is 17.3 Å². The van der Waals surface area contributed by atoms with Crippen LogP contribution in [-0.4, -0.2) is 25.7 Å². The molecule has 0 atom stereocenters. The zero-order chi connectivity index (χ0) is 13.5. The Morgan fingerprint density at radius 3 is 2.89 bits per heavy atom.